The number of nitrogens with zero attached hydrogens (tertiary/aromatic N) is 2. The largest absolute Gasteiger partial charge is 0.366 e. The van der Waals surface area contributed by atoms with Gasteiger partial charge in [0, 0.05) is 34.0 Å². The second kappa shape index (κ2) is 7.73. The number of hydrazine groups is 1. The van der Waals surface area contributed by atoms with E-state index in [1.807, 2.05) is 78.1 Å². The molecule has 2 aromatic carbocycles. The number of carbonyl (C=O) groups excluding carboxylic acids is 1. The molecule has 1 amide bonds. The fraction of sp³-hybridized carbons (Fsp3) is 0.0952. The number of nitrogens with two attached hydrogens (primary N) is 1. The minimum Gasteiger partial charge on any atom is -0.366 e. The maximum atomic E-state index is 12.6. The van der Waals surface area contributed by atoms with E-state index < -0.39 is 0 Å². The Morgan fingerprint density at radius 1 is 1.11 bits per heavy atom. The zero-order chi connectivity index (χ0) is 18.6. The first-order valence-corrected chi connectivity index (χ1v) is 9.49. The van der Waals surface area contributed by atoms with Gasteiger partial charge >= 0.3 is 0 Å². The van der Waals surface area contributed by atoms with Crippen LogP contribution in [-0.4, -0.2) is 28.5 Å². The number of carbonyl (C=O) groups is 1. The van der Waals surface area contributed by atoms with Crippen LogP contribution in [0.25, 0.3) is 0 Å². The van der Waals surface area contributed by atoms with Crippen molar-refractivity contribution in [2.24, 2.45) is 5.84 Å². The number of benzene rings is 2. The molecule has 0 aromatic heterocycles. The molecule has 1 atom stereocenters. The van der Waals surface area contributed by atoms with Gasteiger partial charge in [-0.15, -0.1) is 0 Å². The van der Waals surface area contributed by atoms with Crippen molar-refractivity contribution in [3.8, 4) is 0 Å². The lowest BCUT2D eigenvalue weighted by Gasteiger charge is -2.25. The molecule has 0 saturated carbocycles. The second-order valence-corrected chi connectivity index (χ2v) is 7.46. The smallest absolute Gasteiger partial charge is 0.268 e. The lowest BCUT2D eigenvalue weighted by atomic mass is 10.1. The Labute approximate surface area is 162 Å². The lowest BCUT2D eigenvalue weighted by Crippen LogP contribution is -2.40. The van der Waals surface area contributed by atoms with Crippen LogP contribution in [-0.2, 0) is 0 Å². The highest BCUT2D eigenvalue weighted by atomic mass is 32.2. The van der Waals surface area contributed by atoms with E-state index in [1.54, 1.807) is 11.8 Å². The monoisotopic (exact) mass is 376 g/mol. The predicted octanol–water partition coefficient (Wildman–Crippen LogP) is 3.31. The molecule has 0 radical (unpaired) electrons. The average Bonchev–Trinajstić information content (AvgIpc) is 3.16. The Kier molecular flexibility index (Phi) is 5.00. The van der Waals surface area contributed by atoms with Gasteiger partial charge in [0.25, 0.3) is 5.91 Å². The Morgan fingerprint density at radius 2 is 1.85 bits per heavy atom. The van der Waals surface area contributed by atoms with Gasteiger partial charge in [-0.1, -0.05) is 36.0 Å². The Balaban J connectivity index is 1.38. The van der Waals surface area contributed by atoms with Crippen LogP contribution >= 0.6 is 11.8 Å². The normalized spacial score (nSPS) is 17.3. The summed E-state index contributed by atoms with van der Waals surface area (Å²) in [5, 5.41) is 4.46. The molecular weight excluding hydrogens is 356 g/mol. The Hall–Kier alpha value is -2.96. The fourth-order valence-electron chi connectivity index (χ4n) is 2.95. The second-order valence-electron chi connectivity index (χ2n) is 6.31. The third-order valence-electron chi connectivity index (χ3n) is 4.34. The van der Waals surface area contributed by atoms with Crippen molar-refractivity contribution in [2.45, 2.75) is 16.0 Å². The van der Waals surface area contributed by atoms with E-state index in [2.05, 4.69) is 17.4 Å². The van der Waals surface area contributed by atoms with Crippen molar-refractivity contribution in [3.63, 3.8) is 0 Å². The summed E-state index contributed by atoms with van der Waals surface area (Å²) < 4.78 is 0. The molecule has 0 bridgehead atoms. The summed E-state index contributed by atoms with van der Waals surface area (Å²) in [5.74, 6) is 5.83. The van der Waals surface area contributed by atoms with Gasteiger partial charge in [0.2, 0.25) is 0 Å². The molecule has 4 rings (SSSR count). The summed E-state index contributed by atoms with van der Waals surface area (Å²) >= 11 is 1.66. The molecule has 0 spiro atoms. The summed E-state index contributed by atoms with van der Waals surface area (Å²) in [4.78, 5) is 16.9. The van der Waals surface area contributed by atoms with Gasteiger partial charge in [0.15, 0.2) is 0 Å². The molecule has 0 fully saturated rings. The molecular formula is C21H20N4OS. The standard InChI is InChI=1S/C21H20N4OS/c22-25(15-16-6-11-20-23-12-13-24(20)14-16)21(26)17-7-9-19(10-8-17)27-18-4-2-1-3-5-18/h1-14,20,23H,15,22H2. The van der Waals surface area contributed by atoms with Crippen molar-refractivity contribution in [2.75, 3.05) is 6.54 Å². The van der Waals surface area contributed by atoms with Gasteiger partial charge in [-0.2, -0.15) is 0 Å². The van der Waals surface area contributed by atoms with E-state index in [0.717, 1.165) is 15.4 Å². The SMILES string of the molecule is NN(CC1=CN2C=CNC2C=C1)C(=O)c1ccc(Sc2ccccc2)cc1. The summed E-state index contributed by atoms with van der Waals surface area (Å²) in [7, 11) is 0. The van der Waals surface area contributed by atoms with Gasteiger partial charge in [0.1, 0.15) is 6.17 Å². The zero-order valence-electron chi connectivity index (χ0n) is 14.7. The van der Waals surface area contributed by atoms with E-state index in [-0.39, 0.29) is 12.1 Å². The first-order valence-electron chi connectivity index (χ1n) is 8.68. The molecule has 3 N–H and O–H groups in total. The predicted molar refractivity (Wildman–Crippen MR) is 107 cm³/mol. The number of amides is 1. The summed E-state index contributed by atoms with van der Waals surface area (Å²) in [5.41, 5.74) is 1.56. The van der Waals surface area contributed by atoms with Crippen LogP contribution in [0.2, 0.25) is 0 Å². The molecule has 5 nitrogen and oxygen atoms in total. The van der Waals surface area contributed by atoms with E-state index in [0.29, 0.717) is 12.1 Å². The molecule has 6 heteroatoms. The van der Waals surface area contributed by atoms with Crippen LogP contribution in [0.4, 0.5) is 0 Å². The first kappa shape index (κ1) is 17.5. The Morgan fingerprint density at radius 3 is 2.63 bits per heavy atom. The van der Waals surface area contributed by atoms with E-state index in [4.69, 9.17) is 5.84 Å². The van der Waals surface area contributed by atoms with Gasteiger partial charge in [0.05, 0.1) is 6.54 Å². The number of hydrogen-bond acceptors (Lipinski definition) is 5. The van der Waals surface area contributed by atoms with Crippen LogP contribution in [0.3, 0.4) is 0 Å². The molecule has 1 unspecified atom stereocenters. The first-order chi connectivity index (χ1) is 13.2. The molecule has 0 saturated heterocycles. The molecule has 2 aliphatic rings. The third-order valence-corrected chi connectivity index (χ3v) is 5.35. The summed E-state index contributed by atoms with van der Waals surface area (Å²) in [6.45, 7) is 0.354. The highest BCUT2D eigenvalue weighted by Gasteiger charge is 2.20. The maximum absolute atomic E-state index is 12.6. The van der Waals surface area contributed by atoms with Crippen molar-refractivity contribution >= 4 is 17.7 Å². The van der Waals surface area contributed by atoms with Crippen LogP contribution < -0.4 is 11.2 Å². The van der Waals surface area contributed by atoms with Crippen molar-refractivity contribution in [1.82, 2.24) is 15.2 Å². The molecule has 0 aliphatic carbocycles. The van der Waals surface area contributed by atoms with Gasteiger partial charge in [-0.3, -0.25) is 9.80 Å². The van der Waals surface area contributed by atoms with Gasteiger partial charge in [-0.05, 0) is 48.0 Å². The molecule has 2 aromatic rings. The highest BCUT2D eigenvalue weighted by Crippen LogP contribution is 2.27. The molecule has 2 heterocycles. The van der Waals surface area contributed by atoms with Gasteiger partial charge in [-0.25, -0.2) is 5.84 Å². The molecule has 2 aliphatic heterocycles. The molecule has 136 valence electrons. The third kappa shape index (κ3) is 4.07. The minimum atomic E-state index is -0.197. The lowest BCUT2D eigenvalue weighted by molar-refractivity contribution is 0.0770. The van der Waals surface area contributed by atoms with Gasteiger partial charge < -0.3 is 10.2 Å². The summed E-state index contributed by atoms with van der Waals surface area (Å²) in [6.07, 6.45) is 10.0. The fourth-order valence-corrected chi connectivity index (χ4v) is 3.79. The van der Waals surface area contributed by atoms with E-state index in [1.165, 1.54) is 5.01 Å². The number of fused-ring (bicyclic) bond motifs is 1. The van der Waals surface area contributed by atoms with Crippen LogP contribution in [0.1, 0.15) is 10.4 Å². The zero-order valence-corrected chi connectivity index (χ0v) is 15.5. The minimum absolute atomic E-state index is 0.158. The van der Waals surface area contributed by atoms with Crippen LogP contribution in [0, 0.1) is 0 Å². The quantitative estimate of drug-likeness (QED) is 0.476. The Bertz CT molecular complexity index is 906. The number of hydrogen-bond donors (Lipinski definition) is 2. The number of rotatable bonds is 5. The van der Waals surface area contributed by atoms with Crippen molar-refractivity contribution < 1.29 is 4.79 Å². The van der Waals surface area contributed by atoms with Crippen LogP contribution in [0.5, 0.6) is 0 Å². The van der Waals surface area contributed by atoms with E-state index in [9.17, 15) is 4.79 Å². The average molecular weight is 376 g/mol. The summed E-state index contributed by atoms with van der Waals surface area (Å²) in [6, 6.07) is 17.7. The molecule has 27 heavy (non-hydrogen) atoms. The highest BCUT2D eigenvalue weighted by molar-refractivity contribution is 7.99. The topological polar surface area (TPSA) is 61.6 Å². The number of nitrogens with one attached hydrogen (secondary N) is 1. The maximum Gasteiger partial charge on any atom is 0.268 e. The van der Waals surface area contributed by atoms with Crippen molar-refractivity contribution in [1.29, 1.82) is 0 Å². The van der Waals surface area contributed by atoms with E-state index >= 15 is 0 Å². The van der Waals surface area contributed by atoms with Crippen molar-refractivity contribution in [3.05, 3.63) is 96.5 Å². The van der Waals surface area contributed by atoms with Crippen LogP contribution in [0.15, 0.2) is 101 Å².